The molecule has 130 valence electrons. The largest absolute Gasteiger partial charge is 0.355 e. The molecule has 3 aromatic rings. The van der Waals surface area contributed by atoms with Crippen molar-refractivity contribution in [3.63, 3.8) is 0 Å². The molecule has 0 bridgehead atoms. The predicted octanol–water partition coefficient (Wildman–Crippen LogP) is 1.86. The summed E-state index contributed by atoms with van der Waals surface area (Å²) >= 11 is 0. The molecule has 0 spiro atoms. The smallest absolute Gasteiger partial charge is 0.243 e. The van der Waals surface area contributed by atoms with Gasteiger partial charge in [0.25, 0.3) is 0 Å². The van der Waals surface area contributed by atoms with Gasteiger partial charge in [0.1, 0.15) is 17.8 Å². The second-order valence-corrected chi connectivity index (χ2v) is 8.10. The second kappa shape index (κ2) is 6.12. The van der Waals surface area contributed by atoms with Crippen LogP contribution in [0.5, 0.6) is 0 Å². The number of nitrogens with one attached hydrogen (secondary N) is 1. The fourth-order valence-electron chi connectivity index (χ4n) is 3.30. The van der Waals surface area contributed by atoms with Gasteiger partial charge < -0.3 is 9.88 Å². The Balaban J connectivity index is 1.57. The van der Waals surface area contributed by atoms with Crippen molar-refractivity contribution in [2.45, 2.75) is 17.4 Å². The molecule has 1 unspecified atom stereocenters. The Kier molecular flexibility index (Phi) is 3.93. The first-order chi connectivity index (χ1) is 12.1. The molecule has 1 aliphatic heterocycles. The normalized spacial score (nSPS) is 18.7. The van der Waals surface area contributed by atoms with Crippen molar-refractivity contribution in [3.8, 4) is 0 Å². The SMILES string of the molecule is CN(c1ncnc2[nH]ccc12)C1CCN(S(=O)(=O)c2ccccc2)C1. The van der Waals surface area contributed by atoms with Crippen molar-refractivity contribution in [2.24, 2.45) is 0 Å². The van der Waals surface area contributed by atoms with Gasteiger partial charge in [-0.3, -0.25) is 0 Å². The molecule has 7 nitrogen and oxygen atoms in total. The predicted molar refractivity (Wildman–Crippen MR) is 95.9 cm³/mol. The summed E-state index contributed by atoms with van der Waals surface area (Å²) in [4.78, 5) is 14.1. The summed E-state index contributed by atoms with van der Waals surface area (Å²) in [5, 5.41) is 0.939. The molecule has 1 atom stereocenters. The van der Waals surface area contributed by atoms with E-state index in [9.17, 15) is 8.42 Å². The molecule has 1 N–H and O–H groups in total. The van der Waals surface area contributed by atoms with Gasteiger partial charge in [0.05, 0.1) is 10.3 Å². The van der Waals surface area contributed by atoms with Crippen LogP contribution in [0.15, 0.2) is 53.8 Å². The van der Waals surface area contributed by atoms with Crippen LogP contribution in [0.1, 0.15) is 6.42 Å². The van der Waals surface area contributed by atoms with Gasteiger partial charge >= 0.3 is 0 Å². The fraction of sp³-hybridized carbons (Fsp3) is 0.294. The number of benzene rings is 1. The third kappa shape index (κ3) is 2.77. The lowest BCUT2D eigenvalue weighted by Gasteiger charge is -2.26. The van der Waals surface area contributed by atoms with Gasteiger partial charge in [-0.05, 0) is 24.6 Å². The van der Waals surface area contributed by atoms with Crippen molar-refractivity contribution in [3.05, 3.63) is 48.9 Å². The Hall–Kier alpha value is -2.45. The molecule has 1 saturated heterocycles. The first-order valence-electron chi connectivity index (χ1n) is 8.13. The standard InChI is InChI=1S/C17H19N5O2S/c1-21(17-15-7-9-18-16(15)19-12-20-17)13-8-10-22(11-13)25(23,24)14-5-3-2-4-6-14/h2-7,9,12-13H,8,10-11H2,1H3,(H,18,19,20). The summed E-state index contributed by atoms with van der Waals surface area (Å²) in [7, 11) is -1.49. The van der Waals surface area contributed by atoms with Gasteiger partial charge in [-0.25, -0.2) is 18.4 Å². The zero-order valence-electron chi connectivity index (χ0n) is 13.8. The summed E-state index contributed by atoms with van der Waals surface area (Å²) in [5.74, 6) is 0.815. The highest BCUT2D eigenvalue weighted by atomic mass is 32.2. The summed E-state index contributed by atoms with van der Waals surface area (Å²) in [5.41, 5.74) is 0.781. The van der Waals surface area contributed by atoms with Crippen LogP contribution < -0.4 is 4.90 Å². The molecule has 25 heavy (non-hydrogen) atoms. The zero-order valence-corrected chi connectivity index (χ0v) is 14.6. The van der Waals surface area contributed by atoms with E-state index in [-0.39, 0.29) is 6.04 Å². The van der Waals surface area contributed by atoms with Crippen molar-refractivity contribution in [1.82, 2.24) is 19.3 Å². The van der Waals surface area contributed by atoms with Crippen molar-refractivity contribution in [1.29, 1.82) is 0 Å². The van der Waals surface area contributed by atoms with Crippen LogP contribution in [0.4, 0.5) is 5.82 Å². The Bertz CT molecular complexity index is 986. The molecule has 3 heterocycles. The second-order valence-electron chi connectivity index (χ2n) is 6.17. The van der Waals surface area contributed by atoms with Crippen molar-refractivity contribution < 1.29 is 8.42 Å². The van der Waals surface area contributed by atoms with Crippen molar-refractivity contribution >= 4 is 26.9 Å². The van der Waals surface area contributed by atoms with E-state index in [4.69, 9.17) is 0 Å². The number of hydrogen-bond donors (Lipinski definition) is 1. The Morgan fingerprint density at radius 2 is 2.00 bits per heavy atom. The minimum absolute atomic E-state index is 0.0755. The van der Waals surface area contributed by atoms with Crippen LogP contribution in [0.25, 0.3) is 11.0 Å². The van der Waals surface area contributed by atoms with Crippen LogP contribution >= 0.6 is 0 Å². The number of hydrogen-bond acceptors (Lipinski definition) is 5. The molecule has 0 radical (unpaired) electrons. The first-order valence-corrected chi connectivity index (χ1v) is 9.57. The molecule has 0 amide bonds. The molecule has 1 aromatic carbocycles. The molecule has 2 aromatic heterocycles. The summed E-state index contributed by atoms with van der Waals surface area (Å²) in [6, 6.07) is 10.6. The van der Waals surface area contributed by atoms with Gasteiger partial charge in [-0.1, -0.05) is 18.2 Å². The molecule has 1 fully saturated rings. The lowest BCUT2D eigenvalue weighted by molar-refractivity contribution is 0.470. The highest BCUT2D eigenvalue weighted by Crippen LogP contribution is 2.28. The Morgan fingerprint density at radius 1 is 1.20 bits per heavy atom. The lowest BCUT2D eigenvalue weighted by Crippen LogP contribution is -2.37. The number of anilines is 1. The van der Waals surface area contributed by atoms with Crippen LogP contribution in [0.3, 0.4) is 0 Å². The number of nitrogens with zero attached hydrogens (tertiary/aromatic N) is 4. The molecule has 8 heteroatoms. The first kappa shape index (κ1) is 16.0. The number of likely N-dealkylation sites (N-methyl/N-ethyl adjacent to an activating group) is 1. The number of rotatable bonds is 4. The number of H-pyrrole nitrogens is 1. The highest BCUT2D eigenvalue weighted by Gasteiger charge is 2.35. The van der Waals surface area contributed by atoms with Crippen LogP contribution in [-0.4, -0.2) is 53.9 Å². The fourth-order valence-corrected chi connectivity index (χ4v) is 4.81. The molecular weight excluding hydrogens is 338 g/mol. The maximum Gasteiger partial charge on any atom is 0.243 e. The highest BCUT2D eigenvalue weighted by molar-refractivity contribution is 7.89. The monoisotopic (exact) mass is 357 g/mol. The molecule has 0 saturated carbocycles. The maximum atomic E-state index is 12.8. The van der Waals surface area contributed by atoms with E-state index in [2.05, 4.69) is 19.9 Å². The minimum atomic E-state index is -3.45. The summed E-state index contributed by atoms with van der Waals surface area (Å²) in [6.45, 7) is 0.956. The molecular formula is C17H19N5O2S. The molecule has 4 rings (SSSR count). The topological polar surface area (TPSA) is 82.2 Å². The summed E-state index contributed by atoms with van der Waals surface area (Å²) < 4.78 is 27.1. The van der Waals surface area contributed by atoms with E-state index < -0.39 is 10.0 Å². The van der Waals surface area contributed by atoms with Gasteiger partial charge in [0.15, 0.2) is 0 Å². The maximum absolute atomic E-state index is 12.8. The van der Waals surface area contributed by atoms with Crippen LogP contribution in [0, 0.1) is 0 Å². The average molecular weight is 357 g/mol. The van der Waals surface area contributed by atoms with Crippen molar-refractivity contribution in [2.75, 3.05) is 25.0 Å². The van der Waals surface area contributed by atoms with Gasteiger partial charge in [-0.15, -0.1) is 0 Å². The van der Waals surface area contributed by atoms with E-state index in [0.29, 0.717) is 18.0 Å². The zero-order chi connectivity index (χ0) is 17.4. The third-order valence-corrected chi connectivity index (χ3v) is 6.60. The van der Waals surface area contributed by atoms with Gasteiger partial charge in [0.2, 0.25) is 10.0 Å². The average Bonchev–Trinajstić information content (AvgIpc) is 3.31. The number of aromatic amines is 1. The minimum Gasteiger partial charge on any atom is -0.355 e. The van der Waals surface area contributed by atoms with Crippen LogP contribution in [-0.2, 0) is 10.0 Å². The third-order valence-electron chi connectivity index (χ3n) is 4.72. The molecule has 1 aliphatic rings. The Morgan fingerprint density at radius 3 is 2.80 bits per heavy atom. The quantitative estimate of drug-likeness (QED) is 0.771. The van der Waals surface area contributed by atoms with E-state index in [1.165, 1.54) is 6.33 Å². The van der Waals surface area contributed by atoms with E-state index in [1.54, 1.807) is 28.6 Å². The lowest BCUT2D eigenvalue weighted by atomic mass is 10.2. The van der Waals surface area contributed by atoms with Gasteiger partial charge in [0, 0.05) is 32.4 Å². The van der Waals surface area contributed by atoms with E-state index in [1.807, 2.05) is 25.4 Å². The van der Waals surface area contributed by atoms with E-state index >= 15 is 0 Å². The number of aromatic nitrogens is 3. The van der Waals surface area contributed by atoms with Gasteiger partial charge in [-0.2, -0.15) is 4.31 Å². The number of fused-ring (bicyclic) bond motifs is 1. The Labute approximate surface area is 146 Å². The van der Waals surface area contributed by atoms with Crippen LogP contribution in [0.2, 0.25) is 0 Å². The summed E-state index contributed by atoms with van der Waals surface area (Å²) in [6.07, 6.45) is 4.12. The van der Waals surface area contributed by atoms with E-state index in [0.717, 1.165) is 23.3 Å². The molecule has 0 aliphatic carbocycles. The number of sulfonamides is 1.